The first-order valence-corrected chi connectivity index (χ1v) is 3.65. The van der Waals surface area contributed by atoms with E-state index in [-0.39, 0.29) is 6.17 Å². The maximum absolute atomic E-state index is 4.15. The van der Waals surface area contributed by atoms with E-state index in [0.29, 0.717) is 6.67 Å². The quantitative estimate of drug-likeness (QED) is 0.574. The molecule has 1 N–H and O–H groups in total. The zero-order valence-electron chi connectivity index (χ0n) is 7.20. The summed E-state index contributed by atoms with van der Waals surface area (Å²) in [5.41, 5.74) is 0. The minimum absolute atomic E-state index is 0.205. The van der Waals surface area contributed by atoms with Crippen molar-refractivity contribution in [3.8, 4) is 0 Å². The molecule has 4 heteroatoms. The molecule has 0 saturated carbocycles. The summed E-state index contributed by atoms with van der Waals surface area (Å²) in [5.74, 6) is 0.835. The van der Waals surface area contributed by atoms with Gasteiger partial charge in [0.15, 0.2) is 0 Å². The van der Waals surface area contributed by atoms with E-state index >= 15 is 0 Å². The lowest BCUT2D eigenvalue weighted by Gasteiger charge is -2.18. The molecule has 1 atom stereocenters. The summed E-state index contributed by atoms with van der Waals surface area (Å²) in [6.07, 6.45) is 2.07. The van der Waals surface area contributed by atoms with Crippen molar-refractivity contribution in [2.24, 2.45) is 9.98 Å². The van der Waals surface area contributed by atoms with Crippen LogP contribution in [0.2, 0.25) is 0 Å². The van der Waals surface area contributed by atoms with Gasteiger partial charge in [-0.1, -0.05) is 0 Å². The first-order valence-electron chi connectivity index (χ1n) is 3.65. The van der Waals surface area contributed by atoms with Crippen LogP contribution in [0.1, 0.15) is 6.92 Å². The SMILES string of the molecule is CC1=NCNC(N(C)C)C=N1. The van der Waals surface area contributed by atoms with Gasteiger partial charge in [0.05, 0.1) is 12.8 Å². The molecular formula is C7H14N4. The van der Waals surface area contributed by atoms with E-state index in [9.17, 15) is 0 Å². The molecule has 0 saturated heterocycles. The van der Waals surface area contributed by atoms with Crippen molar-refractivity contribution in [3.05, 3.63) is 0 Å². The second-order valence-corrected chi connectivity index (χ2v) is 2.75. The summed E-state index contributed by atoms with van der Waals surface area (Å²) in [6.45, 7) is 2.55. The van der Waals surface area contributed by atoms with Crippen molar-refractivity contribution >= 4 is 12.1 Å². The van der Waals surface area contributed by atoms with Gasteiger partial charge >= 0.3 is 0 Å². The van der Waals surface area contributed by atoms with Crippen LogP contribution in [-0.2, 0) is 0 Å². The molecule has 11 heavy (non-hydrogen) atoms. The fourth-order valence-electron chi connectivity index (χ4n) is 0.841. The number of nitrogens with one attached hydrogen (secondary N) is 1. The Morgan fingerprint density at radius 3 is 3.00 bits per heavy atom. The lowest BCUT2D eigenvalue weighted by atomic mass is 10.5. The number of amidine groups is 1. The van der Waals surface area contributed by atoms with Gasteiger partial charge in [-0.05, 0) is 21.0 Å². The van der Waals surface area contributed by atoms with E-state index in [1.54, 1.807) is 0 Å². The topological polar surface area (TPSA) is 40.0 Å². The molecule has 0 spiro atoms. The van der Waals surface area contributed by atoms with Crippen molar-refractivity contribution < 1.29 is 0 Å². The Kier molecular flexibility index (Phi) is 2.73. The lowest BCUT2D eigenvalue weighted by molar-refractivity contribution is 0.322. The van der Waals surface area contributed by atoms with Crippen LogP contribution < -0.4 is 5.32 Å². The summed E-state index contributed by atoms with van der Waals surface area (Å²) in [5, 5.41) is 3.20. The lowest BCUT2D eigenvalue weighted by Crippen LogP contribution is -2.42. The van der Waals surface area contributed by atoms with Gasteiger partial charge in [0, 0.05) is 6.21 Å². The van der Waals surface area contributed by atoms with Crippen molar-refractivity contribution in [1.29, 1.82) is 0 Å². The van der Waals surface area contributed by atoms with E-state index in [4.69, 9.17) is 0 Å². The molecule has 4 nitrogen and oxygen atoms in total. The first-order chi connectivity index (χ1) is 5.20. The van der Waals surface area contributed by atoms with Crippen LogP contribution in [0, 0.1) is 0 Å². The average molecular weight is 154 g/mol. The average Bonchev–Trinajstić information content (AvgIpc) is 2.13. The fraction of sp³-hybridized carbons (Fsp3) is 0.714. The smallest absolute Gasteiger partial charge is 0.121 e. The maximum atomic E-state index is 4.15. The van der Waals surface area contributed by atoms with Crippen molar-refractivity contribution in [2.45, 2.75) is 13.1 Å². The standard InChI is InChI=1S/C7H14N4/c1-6-8-4-7(11(2)3)10-5-9-6/h4,7,10H,5H2,1-3H3. The molecule has 1 heterocycles. The molecule has 0 aromatic rings. The molecule has 1 aliphatic rings. The molecule has 1 rings (SSSR count). The molecule has 0 aromatic carbocycles. The molecule has 0 amide bonds. The number of hydrogen-bond acceptors (Lipinski definition) is 4. The normalized spacial score (nSPS) is 25.1. The van der Waals surface area contributed by atoms with E-state index in [1.807, 2.05) is 27.2 Å². The van der Waals surface area contributed by atoms with Gasteiger partial charge in [0.25, 0.3) is 0 Å². The third-order valence-corrected chi connectivity index (χ3v) is 1.57. The highest BCUT2D eigenvalue weighted by Gasteiger charge is 2.08. The number of hydrogen-bond donors (Lipinski definition) is 1. The highest BCUT2D eigenvalue weighted by atomic mass is 15.3. The van der Waals surface area contributed by atoms with Crippen molar-refractivity contribution in [1.82, 2.24) is 10.2 Å². The van der Waals surface area contributed by atoms with Gasteiger partial charge in [0.2, 0.25) is 0 Å². The van der Waals surface area contributed by atoms with E-state index < -0.39 is 0 Å². The molecule has 0 aliphatic carbocycles. The van der Waals surface area contributed by atoms with Crippen LogP contribution in [0.15, 0.2) is 9.98 Å². The van der Waals surface area contributed by atoms with E-state index in [2.05, 4.69) is 20.2 Å². The Labute approximate surface area is 67.0 Å². The Morgan fingerprint density at radius 2 is 2.36 bits per heavy atom. The Hall–Kier alpha value is -0.740. The monoisotopic (exact) mass is 154 g/mol. The van der Waals surface area contributed by atoms with E-state index in [0.717, 1.165) is 5.84 Å². The molecule has 0 aromatic heterocycles. The Balaban J connectivity index is 2.57. The molecule has 0 fully saturated rings. The fourth-order valence-corrected chi connectivity index (χ4v) is 0.841. The summed E-state index contributed by atoms with van der Waals surface area (Å²) in [4.78, 5) is 10.3. The summed E-state index contributed by atoms with van der Waals surface area (Å²) >= 11 is 0. The van der Waals surface area contributed by atoms with Crippen molar-refractivity contribution in [2.75, 3.05) is 20.8 Å². The van der Waals surface area contributed by atoms with Gasteiger partial charge < -0.3 is 0 Å². The van der Waals surface area contributed by atoms with Crippen LogP contribution in [0.4, 0.5) is 0 Å². The summed E-state index contributed by atoms with van der Waals surface area (Å²) in [7, 11) is 4.01. The predicted molar refractivity (Wildman–Crippen MR) is 47.1 cm³/mol. The van der Waals surface area contributed by atoms with Crippen LogP contribution in [0.25, 0.3) is 0 Å². The second-order valence-electron chi connectivity index (χ2n) is 2.75. The third kappa shape index (κ3) is 2.40. The third-order valence-electron chi connectivity index (χ3n) is 1.57. The highest BCUT2D eigenvalue weighted by molar-refractivity contribution is 5.89. The van der Waals surface area contributed by atoms with Gasteiger partial charge in [-0.25, -0.2) is 4.99 Å². The van der Waals surface area contributed by atoms with Gasteiger partial charge in [-0.3, -0.25) is 15.2 Å². The van der Waals surface area contributed by atoms with Crippen molar-refractivity contribution in [3.63, 3.8) is 0 Å². The number of nitrogens with zero attached hydrogens (tertiary/aromatic N) is 3. The minimum atomic E-state index is 0.205. The zero-order chi connectivity index (χ0) is 8.27. The number of aliphatic imine (C=N–C) groups is 2. The van der Waals surface area contributed by atoms with E-state index in [1.165, 1.54) is 0 Å². The van der Waals surface area contributed by atoms with Crippen LogP contribution in [0.5, 0.6) is 0 Å². The summed E-state index contributed by atoms with van der Waals surface area (Å²) < 4.78 is 0. The molecule has 62 valence electrons. The molecule has 0 bridgehead atoms. The number of rotatable bonds is 1. The van der Waals surface area contributed by atoms with Gasteiger partial charge in [-0.15, -0.1) is 0 Å². The van der Waals surface area contributed by atoms with Gasteiger partial charge in [-0.2, -0.15) is 0 Å². The maximum Gasteiger partial charge on any atom is 0.121 e. The molecule has 1 unspecified atom stereocenters. The largest absolute Gasteiger partial charge is 0.290 e. The highest BCUT2D eigenvalue weighted by Crippen LogP contribution is 1.90. The minimum Gasteiger partial charge on any atom is -0.290 e. The summed E-state index contributed by atoms with van der Waals surface area (Å²) in [6, 6.07) is 0. The van der Waals surface area contributed by atoms with Gasteiger partial charge in [0.1, 0.15) is 5.84 Å². The predicted octanol–water partition coefficient (Wildman–Crippen LogP) is -0.0760. The zero-order valence-corrected chi connectivity index (χ0v) is 7.20. The first kappa shape index (κ1) is 8.36. The van der Waals surface area contributed by atoms with Crippen LogP contribution in [-0.4, -0.2) is 43.9 Å². The molecule has 1 aliphatic heterocycles. The Morgan fingerprint density at radius 1 is 1.64 bits per heavy atom. The molecule has 0 radical (unpaired) electrons. The van der Waals surface area contributed by atoms with Crippen LogP contribution >= 0.6 is 0 Å². The second kappa shape index (κ2) is 3.59. The Bertz CT molecular complexity index is 183. The molecular weight excluding hydrogens is 140 g/mol. The van der Waals surface area contributed by atoms with Crippen LogP contribution in [0.3, 0.4) is 0 Å².